The van der Waals surface area contributed by atoms with Crippen LogP contribution >= 0.6 is 0 Å². The van der Waals surface area contributed by atoms with Crippen LogP contribution in [0.3, 0.4) is 0 Å². The molecule has 2 heteroatoms. The third-order valence-electron chi connectivity index (χ3n) is 2.43. The van der Waals surface area contributed by atoms with Crippen LogP contribution < -0.4 is 10.2 Å². The van der Waals surface area contributed by atoms with E-state index >= 15 is 0 Å². The summed E-state index contributed by atoms with van der Waals surface area (Å²) < 4.78 is 5.84. The zero-order valence-corrected chi connectivity index (χ0v) is 10.5. The smallest absolute Gasteiger partial charge is 0.174 e. The highest BCUT2D eigenvalue weighted by atomic mass is 16.5. The van der Waals surface area contributed by atoms with Crippen molar-refractivity contribution < 1.29 is 4.74 Å². The Balaban J connectivity index is 2.91. The van der Waals surface area contributed by atoms with E-state index in [2.05, 4.69) is 52.6 Å². The lowest BCUT2D eigenvalue weighted by Crippen LogP contribution is -2.28. The van der Waals surface area contributed by atoms with Crippen molar-refractivity contribution in [2.75, 3.05) is 6.61 Å². The van der Waals surface area contributed by atoms with Crippen molar-refractivity contribution in [2.24, 2.45) is 5.92 Å². The predicted molar refractivity (Wildman–Crippen MR) is 68.6 cm³/mol. The van der Waals surface area contributed by atoms with Crippen LogP contribution in [-0.4, -0.2) is 13.3 Å². The molecule has 0 atom stereocenters. The molecule has 0 spiro atoms. The third-order valence-corrected chi connectivity index (χ3v) is 2.43. The number of ether oxygens (including phenoxy) is 1. The molecule has 0 aromatic heterocycles. The fourth-order valence-corrected chi connectivity index (χ4v) is 1.78. The second kappa shape index (κ2) is 5.25. The van der Waals surface area contributed by atoms with Gasteiger partial charge in [-0.1, -0.05) is 45.2 Å². The molecule has 82 valence electrons. The first-order valence-electron chi connectivity index (χ1n) is 5.74. The Morgan fingerprint density at radius 3 is 2.47 bits per heavy atom. The predicted octanol–water partition coefficient (Wildman–Crippen LogP) is 2.99. The SMILES string of the molecule is CB(C)c1c(C)cccc1OCC(C)C. The molecule has 0 bridgehead atoms. The lowest BCUT2D eigenvalue weighted by molar-refractivity contribution is 0.273. The Hall–Kier alpha value is -0.915. The van der Waals surface area contributed by atoms with Crippen LogP contribution in [0.2, 0.25) is 13.6 Å². The normalized spacial score (nSPS) is 10.5. The van der Waals surface area contributed by atoms with E-state index in [1.54, 1.807) is 0 Å². The Labute approximate surface area is 93.9 Å². The minimum atomic E-state index is 0.522. The average molecular weight is 204 g/mol. The maximum Gasteiger partial charge on any atom is 0.174 e. The second-order valence-corrected chi connectivity index (χ2v) is 4.85. The molecule has 0 aliphatic rings. The van der Waals surface area contributed by atoms with Gasteiger partial charge < -0.3 is 4.74 Å². The van der Waals surface area contributed by atoms with Gasteiger partial charge in [-0.15, -0.1) is 0 Å². The van der Waals surface area contributed by atoms with Gasteiger partial charge in [-0.3, -0.25) is 0 Å². The standard InChI is InChI=1S/C13H21BO/c1-10(2)9-15-12-8-6-7-11(3)13(12)14(4)5/h6-8,10H,9H2,1-5H3. The highest BCUT2D eigenvalue weighted by Gasteiger charge is 2.12. The highest BCUT2D eigenvalue weighted by molar-refractivity contribution is 6.72. The summed E-state index contributed by atoms with van der Waals surface area (Å²) in [5.41, 5.74) is 2.67. The molecule has 0 amide bonds. The first-order valence-corrected chi connectivity index (χ1v) is 5.74. The zero-order chi connectivity index (χ0) is 11.4. The van der Waals surface area contributed by atoms with Gasteiger partial charge in [0.2, 0.25) is 0 Å². The number of hydrogen-bond acceptors (Lipinski definition) is 1. The van der Waals surface area contributed by atoms with E-state index in [0.29, 0.717) is 12.6 Å². The molecule has 1 rings (SSSR count). The van der Waals surface area contributed by atoms with E-state index in [1.807, 2.05) is 0 Å². The highest BCUT2D eigenvalue weighted by Crippen LogP contribution is 2.13. The van der Waals surface area contributed by atoms with Crippen molar-refractivity contribution in [3.8, 4) is 5.75 Å². The van der Waals surface area contributed by atoms with Crippen LogP contribution in [0, 0.1) is 12.8 Å². The summed E-state index contributed by atoms with van der Waals surface area (Å²) in [5.74, 6) is 1.63. The van der Waals surface area contributed by atoms with Gasteiger partial charge in [-0.05, 0) is 24.4 Å². The first-order chi connectivity index (χ1) is 7.02. The zero-order valence-electron chi connectivity index (χ0n) is 10.5. The lowest BCUT2D eigenvalue weighted by Gasteiger charge is -2.16. The minimum absolute atomic E-state index is 0.522. The Kier molecular flexibility index (Phi) is 4.25. The molecule has 0 radical (unpaired) electrons. The topological polar surface area (TPSA) is 9.23 Å². The summed E-state index contributed by atoms with van der Waals surface area (Å²) in [6.07, 6.45) is 0. The molecule has 1 aromatic carbocycles. The van der Waals surface area contributed by atoms with E-state index in [-0.39, 0.29) is 0 Å². The Bertz CT molecular complexity index is 318. The van der Waals surface area contributed by atoms with E-state index in [0.717, 1.165) is 12.4 Å². The van der Waals surface area contributed by atoms with Crippen molar-refractivity contribution in [1.29, 1.82) is 0 Å². The molecule has 0 aliphatic heterocycles. The molecule has 0 aliphatic carbocycles. The molecule has 0 heterocycles. The molecule has 0 saturated carbocycles. The van der Waals surface area contributed by atoms with Crippen LogP contribution in [0.4, 0.5) is 0 Å². The second-order valence-electron chi connectivity index (χ2n) is 4.85. The molecule has 0 N–H and O–H groups in total. The first kappa shape index (κ1) is 12.2. The van der Waals surface area contributed by atoms with Gasteiger partial charge in [0, 0.05) is 0 Å². The molecule has 0 saturated heterocycles. The van der Waals surface area contributed by atoms with Gasteiger partial charge in [-0.2, -0.15) is 0 Å². The monoisotopic (exact) mass is 204 g/mol. The van der Waals surface area contributed by atoms with Crippen molar-refractivity contribution in [1.82, 2.24) is 0 Å². The molecule has 0 unspecified atom stereocenters. The number of aryl methyl sites for hydroxylation is 1. The fourth-order valence-electron chi connectivity index (χ4n) is 1.78. The summed E-state index contributed by atoms with van der Waals surface area (Å²) in [5, 5.41) is 0. The quantitative estimate of drug-likeness (QED) is 0.685. The number of rotatable bonds is 4. The van der Waals surface area contributed by atoms with Crippen LogP contribution in [0.25, 0.3) is 0 Å². The minimum Gasteiger partial charge on any atom is -0.494 e. The van der Waals surface area contributed by atoms with E-state index in [4.69, 9.17) is 4.74 Å². The summed E-state index contributed by atoms with van der Waals surface area (Å²) in [6, 6.07) is 6.29. The summed E-state index contributed by atoms with van der Waals surface area (Å²) in [6.45, 7) is 12.2. The summed E-state index contributed by atoms with van der Waals surface area (Å²) >= 11 is 0. The molecule has 1 nitrogen and oxygen atoms in total. The average Bonchev–Trinajstić information content (AvgIpc) is 2.13. The van der Waals surface area contributed by atoms with Gasteiger partial charge in [0.05, 0.1) is 6.61 Å². The number of hydrogen-bond donors (Lipinski definition) is 0. The third kappa shape index (κ3) is 3.30. The van der Waals surface area contributed by atoms with Crippen LogP contribution in [0.5, 0.6) is 5.75 Å². The maximum atomic E-state index is 5.84. The van der Waals surface area contributed by atoms with E-state index in [1.165, 1.54) is 11.0 Å². The van der Waals surface area contributed by atoms with Crippen molar-refractivity contribution in [3.05, 3.63) is 23.8 Å². The van der Waals surface area contributed by atoms with Crippen molar-refractivity contribution in [3.63, 3.8) is 0 Å². The fraction of sp³-hybridized carbons (Fsp3) is 0.538. The molecule has 0 fully saturated rings. The molecule has 1 aromatic rings. The van der Waals surface area contributed by atoms with Crippen molar-refractivity contribution >= 4 is 12.2 Å². The van der Waals surface area contributed by atoms with Crippen molar-refractivity contribution in [2.45, 2.75) is 34.4 Å². The van der Waals surface area contributed by atoms with Gasteiger partial charge in [0.1, 0.15) is 5.75 Å². The van der Waals surface area contributed by atoms with Gasteiger partial charge in [0.25, 0.3) is 0 Å². The Morgan fingerprint density at radius 1 is 1.27 bits per heavy atom. The molecular formula is C13H21BO. The van der Waals surface area contributed by atoms with Gasteiger partial charge in [0.15, 0.2) is 6.71 Å². The summed E-state index contributed by atoms with van der Waals surface area (Å²) in [4.78, 5) is 0. The van der Waals surface area contributed by atoms with Crippen LogP contribution in [0.15, 0.2) is 18.2 Å². The van der Waals surface area contributed by atoms with Crippen LogP contribution in [-0.2, 0) is 0 Å². The van der Waals surface area contributed by atoms with Crippen LogP contribution in [0.1, 0.15) is 19.4 Å². The maximum absolute atomic E-state index is 5.84. The van der Waals surface area contributed by atoms with Gasteiger partial charge in [-0.25, -0.2) is 0 Å². The van der Waals surface area contributed by atoms with E-state index in [9.17, 15) is 0 Å². The van der Waals surface area contributed by atoms with Gasteiger partial charge >= 0.3 is 0 Å². The van der Waals surface area contributed by atoms with E-state index < -0.39 is 0 Å². The molecule has 15 heavy (non-hydrogen) atoms. The summed E-state index contributed by atoms with van der Waals surface area (Å²) in [7, 11) is 0. The largest absolute Gasteiger partial charge is 0.494 e. The lowest BCUT2D eigenvalue weighted by atomic mass is 9.48. The molecular weight excluding hydrogens is 183 g/mol. The number of benzene rings is 1. The Morgan fingerprint density at radius 2 is 1.93 bits per heavy atom.